The van der Waals surface area contributed by atoms with E-state index < -0.39 is 18.1 Å². The van der Waals surface area contributed by atoms with E-state index in [1.54, 1.807) is 12.1 Å². The summed E-state index contributed by atoms with van der Waals surface area (Å²) in [5.41, 5.74) is 6.67. The first-order valence-corrected chi connectivity index (χ1v) is 6.85. The van der Waals surface area contributed by atoms with Crippen molar-refractivity contribution >= 4 is 11.9 Å². The number of nitrogens with two attached hydrogens (primary N) is 1. The van der Waals surface area contributed by atoms with E-state index in [-0.39, 0.29) is 24.0 Å². The summed E-state index contributed by atoms with van der Waals surface area (Å²) in [6.07, 6.45) is 0.194. The second-order valence-corrected chi connectivity index (χ2v) is 5.43. The molecule has 5 N–H and O–H groups in total. The number of carbonyl (C=O) groups is 2. The van der Waals surface area contributed by atoms with Crippen molar-refractivity contribution in [3.05, 3.63) is 29.8 Å². The molecule has 1 rings (SSSR count). The molecule has 0 fully saturated rings. The fraction of sp³-hybridized carbons (Fsp3) is 0.467. The molecular formula is C15H22N2O4. The van der Waals surface area contributed by atoms with E-state index in [2.05, 4.69) is 5.32 Å². The summed E-state index contributed by atoms with van der Waals surface area (Å²) in [5, 5.41) is 20.7. The number of carbonyl (C=O) groups excluding carboxylic acids is 1. The number of phenols is 1. The van der Waals surface area contributed by atoms with Crippen molar-refractivity contribution in [1.29, 1.82) is 0 Å². The third-order valence-corrected chi connectivity index (χ3v) is 3.26. The zero-order valence-corrected chi connectivity index (χ0v) is 12.2. The zero-order valence-electron chi connectivity index (χ0n) is 12.2. The normalized spacial score (nSPS) is 13.7. The third kappa shape index (κ3) is 5.83. The van der Waals surface area contributed by atoms with Crippen LogP contribution >= 0.6 is 0 Å². The molecule has 0 saturated heterocycles. The second-order valence-electron chi connectivity index (χ2n) is 5.43. The van der Waals surface area contributed by atoms with Crippen molar-refractivity contribution in [2.24, 2.45) is 11.7 Å². The van der Waals surface area contributed by atoms with Gasteiger partial charge in [0.15, 0.2) is 0 Å². The molecule has 0 spiro atoms. The number of hydrogen-bond acceptors (Lipinski definition) is 4. The Labute approximate surface area is 124 Å². The maximum absolute atomic E-state index is 12.0. The lowest BCUT2D eigenvalue weighted by Crippen LogP contribution is -2.48. The first kappa shape index (κ1) is 17.0. The molecule has 0 bridgehead atoms. The summed E-state index contributed by atoms with van der Waals surface area (Å²) in [4.78, 5) is 22.8. The smallest absolute Gasteiger partial charge is 0.305 e. The third-order valence-electron chi connectivity index (χ3n) is 3.26. The monoisotopic (exact) mass is 294 g/mol. The van der Waals surface area contributed by atoms with E-state index >= 15 is 0 Å². The Balaban J connectivity index is 2.60. The largest absolute Gasteiger partial charge is 0.508 e. The molecular weight excluding hydrogens is 272 g/mol. The van der Waals surface area contributed by atoms with Crippen molar-refractivity contribution in [2.75, 3.05) is 0 Å². The van der Waals surface area contributed by atoms with Crippen molar-refractivity contribution in [3.63, 3.8) is 0 Å². The number of phenolic OH excluding ortho intramolecular Hbond substituents is 1. The minimum atomic E-state index is -0.957. The van der Waals surface area contributed by atoms with Crippen molar-refractivity contribution in [3.8, 4) is 5.75 Å². The van der Waals surface area contributed by atoms with E-state index in [0.29, 0.717) is 6.42 Å². The Morgan fingerprint density at radius 3 is 2.29 bits per heavy atom. The highest BCUT2D eigenvalue weighted by Gasteiger charge is 2.22. The van der Waals surface area contributed by atoms with Gasteiger partial charge in [0.25, 0.3) is 0 Å². The molecule has 0 aliphatic carbocycles. The second kappa shape index (κ2) is 7.64. The van der Waals surface area contributed by atoms with Crippen molar-refractivity contribution < 1.29 is 19.8 Å². The van der Waals surface area contributed by atoms with E-state index in [1.165, 1.54) is 12.1 Å². The molecule has 0 heterocycles. The molecule has 1 aromatic carbocycles. The van der Waals surface area contributed by atoms with Gasteiger partial charge in [-0.25, -0.2) is 0 Å². The summed E-state index contributed by atoms with van der Waals surface area (Å²) in [7, 11) is 0. The minimum absolute atomic E-state index is 0.00548. The minimum Gasteiger partial charge on any atom is -0.508 e. The number of aliphatic carboxylic acids is 1. The topological polar surface area (TPSA) is 113 Å². The molecule has 116 valence electrons. The predicted molar refractivity (Wildman–Crippen MR) is 78.8 cm³/mol. The van der Waals surface area contributed by atoms with Crippen LogP contribution in [0.3, 0.4) is 0 Å². The number of aromatic hydroxyl groups is 1. The SMILES string of the molecule is CC(C)C(CC(=O)O)NC(=O)[C@H](N)Cc1ccc(O)cc1. The lowest BCUT2D eigenvalue weighted by molar-refractivity contribution is -0.138. The Morgan fingerprint density at radius 1 is 1.24 bits per heavy atom. The van der Waals surface area contributed by atoms with E-state index in [0.717, 1.165) is 5.56 Å². The number of benzene rings is 1. The highest BCUT2D eigenvalue weighted by molar-refractivity contribution is 5.82. The lowest BCUT2D eigenvalue weighted by atomic mass is 9.99. The van der Waals surface area contributed by atoms with Gasteiger partial charge in [0.05, 0.1) is 12.5 Å². The highest BCUT2D eigenvalue weighted by atomic mass is 16.4. The average molecular weight is 294 g/mol. The first-order valence-electron chi connectivity index (χ1n) is 6.85. The Bertz CT molecular complexity index is 485. The van der Waals surface area contributed by atoms with E-state index in [1.807, 2.05) is 13.8 Å². The van der Waals surface area contributed by atoms with Crippen LogP contribution in [-0.4, -0.2) is 34.2 Å². The number of rotatable bonds is 7. The summed E-state index contributed by atoms with van der Waals surface area (Å²) in [5.74, 6) is -1.17. The number of hydrogen-bond donors (Lipinski definition) is 4. The Hall–Kier alpha value is -2.08. The van der Waals surface area contributed by atoms with Gasteiger partial charge in [-0.15, -0.1) is 0 Å². The van der Waals surface area contributed by atoms with Gasteiger partial charge in [-0.1, -0.05) is 26.0 Å². The van der Waals surface area contributed by atoms with Gasteiger partial charge < -0.3 is 21.3 Å². The van der Waals surface area contributed by atoms with Crippen LogP contribution in [0.5, 0.6) is 5.75 Å². The Morgan fingerprint density at radius 2 is 1.81 bits per heavy atom. The standard InChI is InChI=1S/C15H22N2O4/c1-9(2)13(8-14(19)20)17-15(21)12(16)7-10-3-5-11(18)6-4-10/h3-6,9,12-13,18H,7-8,16H2,1-2H3,(H,17,21)(H,19,20)/t12-,13?/m1/s1. The van der Waals surface area contributed by atoms with Crippen LogP contribution in [0.4, 0.5) is 0 Å². The van der Waals surface area contributed by atoms with E-state index in [4.69, 9.17) is 10.8 Å². The number of carboxylic acid groups (broad SMARTS) is 1. The zero-order chi connectivity index (χ0) is 16.0. The van der Waals surface area contributed by atoms with Crippen molar-refractivity contribution in [2.45, 2.75) is 38.8 Å². The number of carboxylic acids is 1. The van der Waals surface area contributed by atoms with Gasteiger partial charge in [-0.3, -0.25) is 9.59 Å². The lowest BCUT2D eigenvalue weighted by Gasteiger charge is -2.22. The molecule has 6 nitrogen and oxygen atoms in total. The summed E-state index contributed by atoms with van der Waals surface area (Å²) in [6.45, 7) is 3.69. The molecule has 1 amide bonds. The van der Waals surface area contributed by atoms with Gasteiger partial charge in [-0.05, 0) is 30.0 Å². The van der Waals surface area contributed by atoms with Crippen LogP contribution in [-0.2, 0) is 16.0 Å². The first-order chi connectivity index (χ1) is 9.79. The van der Waals surface area contributed by atoms with Crippen LogP contribution < -0.4 is 11.1 Å². The summed E-state index contributed by atoms with van der Waals surface area (Å²) < 4.78 is 0. The van der Waals surface area contributed by atoms with Gasteiger partial charge in [0, 0.05) is 6.04 Å². The van der Waals surface area contributed by atoms with Crippen LogP contribution in [0.25, 0.3) is 0 Å². The van der Waals surface area contributed by atoms with Crippen molar-refractivity contribution in [1.82, 2.24) is 5.32 Å². The van der Waals surface area contributed by atoms with Crippen LogP contribution in [0.2, 0.25) is 0 Å². The molecule has 1 aromatic rings. The maximum atomic E-state index is 12.0. The van der Waals surface area contributed by atoms with Crippen LogP contribution in [0.15, 0.2) is 24.3 Å². The molecule has 21 heavy (non-hydrogen) atoms. The molecule has 0 aromatic heterocycles. The number of nitrogens with one attached hydrogen (secondary N) is 1. The molecule has 0 saturated carbocycles. The molecule has 1 unspecified atom stereocenters. The highest BCUT2D eigenvalue weighted by Crippen LogP contribution is 2.11. The number of amides is 1. The fourth-order valence-corrected chi connectivity index (χ4v) is 1.91. The average Bonchev–Trinajstić information content (AvgIpc) is 2.39. The molecule has 0 aliphatic rings. The molecule has 2 atom stereocenters. The van der Waals surface area contributed by atoms with E-state index in [9.17, 15) is 14.7 Å². The predicted octanol–water partition coefficient (Wildman–Crippen LogP) is 0.878. The summed E-state index contributed by atoms with van der Waals surface area (Å²) in [6, 6.07) is 5.24. The maximum Gasteiger partial charge on any atom is 0.305 e. The van der Waals surface area contributed by atoms with Gasteiger partial charge in [-0.2, -0.15) is 0 Å². The fourth-order valence-electron chi connectivity index (χ4n) is 1.91. The van der Waals surface area contributed by atoms with Gasteiger partial charge >= 0.3 is 5.97 Å². The quantitative estimate of drug-likeness (QED) is 0.596. The summed E-state index contributed by atoms with van der Waals surface area (Å²) >= 11 is 0. The van der Waals surface area contributed by atoms with Gasteiger partial charge in [0.2, 0.25) is 5.91 Å². The molecule has 6 heteroatoms. The van der Waals surface area contributed by atoms with Gasteiger partial charge in [0.1, 0.15) is 5.75 Å². The molecule has 0 radical (unpaired) electrons. The van der Waals surface area contributed by atoms with Crippen LogP contribution in [0.1, 0.15) is 25.8 Å². The Kier molecular flexibility index (Phi) is 6.17. The molecule has 0 aliphatic heterocycles. The van der Waals surface area contributed by atoms with Crippen LogP contribution in [0, 0.1) is 5.92 Å².